The molecule has 0 aromatic carbocycles. The molecule has 1 saturated heterocycles. The van der Waals surface area contributed by atoms with Gasteiger partial charge in [-0.3, -0.25) is 5.10 Å². The fourth-order valence-corrected chi connectivity index (χ4v) is 3.78. The third-order valence-corrected chi connectivity index (χ3v) is 5.15. The van der Waals surface area contributed by atoms with E-state index in [1.165, 1.54) is 18.9 Å². The van der Waals surface area contributed by atoms with Gasteiger partial charge in [0.1, 0.15) is 11.5 Å². The van der Waals surface area contributed by atoms with Crippen molar-refractivity contribution in [2.75, 3.05) is 18.0 Å². The highest BCUT2D eigenvalue weighted by molar-refractivity contribution is 5.89. The van der Waals surface area contributed by atoms with Crippen LogP contribution in [0.3, 0.4) is 0 Å². The van der Waals surface area contributed by atoms with Gasteiger partial charge >= 0.3 is 0 Å². The zero-order valence-corrected chi connectivity index (χ0v) is 14.5. The minimum absolute atomic E-state index is 0. The Balaban J connectivity index is 0. The number of aromatic nitrogens is 4. The van der Waals surface area contributed by atoms with E-state index in [0.717, 1.165) is 24.3 Å². The van der Waals surface area contributed by atoms with E-state index in [1.54, 1.807) is 12.3 Å². The number of H-pyrrole nitrogens is 1. The molecule has 4 heterocycles. The number of aromatic amines is 1. The van der Waals surface area contributed by atoms with E-state index in [9.17, 15) is 4.39 Å². The van der Waals surface area contributed by atoms with Crippen LogP contribution < -0.4 is 4.90 Å². The molecule has 2 atom stereocenters. The summed E-state index contributed by atoms with van der Waals surface area (Å²) in [5.74, 6) is 1.79. The van der Waals surface area contributed by atoms with Crippen LogP contribution in [-0.4, -0.2) is 33.3 Å². The summed E-state index contributed by atoms with van der Waals surface area (Å²) >= 11 is 0. The first kappa shape index (κ1) is 16.0. The molecule has 4 rings (SSSR count). The molecule has 1 fully saturated rings. The number of fused-ring (bicyclic) bond motifs is 1. The summed E-state index contributed by atoms with van der Waals surface area (Å²) in [6.07, 6.45) is 4.09. The van der Waals surface area contributed by atoms with Gasteiger partial charge < -0.3 is 4.90 Å². The summed E-state index contributed by atoms with van der Waals surface area (Å²) in [5, 5.41) is 7.83. The fourth-order valence-electron chi connectivity index (χ4n) is 3.78. The second-order valence-electron chi connectivity index (χ2n) is 6.90. The van der Waals surface area contributed by atoms with E-state index in [-0.39, 0.29) is 13.0 Å². The molecule has 6 heteroatoms. The molecule has 1 aliphatic heterocycles. The highest BCUT2D eigenvalue weighted by Crippen LogP contribution is 2.32. The van der Waals surface area contributed by atoms with Gasteiger partial charge in [-0.05, 0) is 42.5 Å². The lowest BCUT2D eigenvalue weighted by molar-refractivity contribution is 0.418. The van der Waals surface area contributed by atoms with Gasteiger partial charge in [0.15, 0.2) is 11.5 Å². The van der Waals surface area contributed by atoms with Crippen LogP contribution >= 0.6 is 0 Å². The Labute approximate surface area is 153 Å². The van der Waals surface area contributed by atoms with Crippen LogP contribution in [0, 0.1) is 17.7 Å². The van der Waals surface area contributed by atoms with Crippen molar-refractivity contribution in [3.63, 3.8) is 0 Å². The minimum atomic E-state index is -0.351. The third kappa shape index (κ3) is 2.86. The van der Waals surface area contributed by atoms with Crippen LogP contribution in [0.4, 0.5) is 10.2 Å². The number of halogens is 1. The highest BCUT2D eigenvalue weighted by Gasteiger charge is 2.30. The summed E-state index contributed by atoms with van der Waals surface area (Å²) in [6, 6.07) is 6.97. The summed E-state index contributed by atoms with van der Waals surface area (Å²) < 4.78 is 14.5. The predicted octanol–water partition coefficient (Wildman–Crippen LogP) is 5.26. The van der Waals surface area contributed by atoms with Crippen molar-refractivity contribution >= 4 is 16.9 Å². The van der Waals surface area contributed by atoms with E-state index in [4.69, 9.17) is 0 Å². The second-order valence-corrected chi connectivity index (χ2v) is 6.90. The molecule has 0 amide bonds. The lowest BCUT2D eigenvalue weighted by atomic mass is 9.94. The number of anilines is 1. The van der Waals surface area contributed by atoms with E-state index in [2.05, 4.69) is 38.9 Å². The number of hydrogen-bond acceptors (Lipinski definition) is 4. The van der Waals surface area contributed by atoms with Crippen LogP contribution in [0.5, 0.6) is 0 Å². The first-order valence-electron chi connectivity index (χ1n) is 8.88. The van der Waals surface area contributed by atoms with Gasteiger partial charge in [-0.2, -0.15) is 5.10 Å². The van der Waals surface area contributed by atoms with Crippen molar-refractivity contribution in [1.29, 1.82) is 0 Å². The zero-order chi connectivity index (χ0) is 17.4. The van der Waals surface area contributed by atoms with Crippen LogP contribution in [0.2, 0.25) is 0 Å². The van der Waals surface area contributed by atoms with Crippen molar-refractivity contribution in [2.24, 2.45) is 11.8 Å². The Morgan fingerprint density at radius 2 is 2.20 bits per heavy atom. The van der Waals surface area contributed by atoms with Crippen LogP contribution in [0.25, 0.3) is 22.4 Å². The Bertz CT molecular complexity index is 910. The molecule has 0 bridgehead atoms. The summed E-state index contributed by atoms with van der Waals surface area (Å²) in [4.78, 5) is 11.1. The Kier molecular flexibility index (Phi) is 4.11. The lowest BCUT2D eigenvalue weighted by Crippen LogP contribution is -2.21. The molecule has 25 heavy (non-hydrogen) atoms. The first-order valence-corrected chi connectivity index (χ1v) is 8.88. The molecular formula is C19H32FN5. The van der Waals surface area contributed by atoms with E-state index in [1.807, 2.05) is 12.1 Å². The lowest BCUT2D eigenvalue weighted by Gasteiger charge is -2.18. The van der Waals surface area contributed by atoms with E-state index < -0.39 is 0 Å². The maximum absolute atomic E-state index is 14.5. The van der Waals surface area contributed by atoms with Gasteiger partial charge in [0, 0.05) is 31.8 Å². The standard InChI is InChI=1S/C19H22FN5.5H2/c1-3-5-13-11-25(10-12(13)2)16-8-7-15(20)18(22-16)17-14-6-4-9-21-19(14)24-23-17;;;;;/h4,6-9,12-13H,3,5,10-11H2,1-2H3,(H,21,23,24);5*1H/t12-,13-;;;;;/m1...../s1. The topological polar surface area (TPSA) is 57.7 Å². The summed E-state index contributed by atoms with van der Waals surface area (Å²) in [5.41, 5.74) is 1.46. The van der Waals surface area contributed by atoms with Crippen LogP contribution in [0.1, 0.15) is 33.8 Å². The maximum atomic E-state index is 14.5. The SMILES string of the molecule is CCC[C@@H]1CN(c2ccc(F)c(-c3[nH]nc4ncccc34)n2)C[C@H]1C.[HH].[HH].[HH].[HH].[HH]. The molecule has 5 nitrogen and oxygen atoms in total. The van der Waals surface area contributed by atoms with E-state index in [0.29, 0.717) is 28.9 Å². The van der Waals surface area contributed by atoms with E-state index >= 15 is 0 Å². The first-order chi connectivity index (χ1) is 12.2. The number of nitrogens with zero attached hydrogens (tertiary/aromatic N) is 4. The largest absolute Gasteiger partial charge is 0.356 e. The molecule has 0 radical (unpaired) electrons. The van der Waals surface area contributed by atoms with Gasteiger partial charge in [0.05, 0.1) is 5.69 Å². The van der Waals surface area contributed by atoms with Crippen molar-refractivity contribution in [1.82, 2.24) is 20.2 Å². The minimum Gasteiger partial charge on any atom is -0.356 e. The smallest absolute Gasteiger partial charge is 0.181 e. The van der Waals surface area contributed by atoms with Crippen LogP contribution in [-0.2, 0) is 0 Å². The molecule has 3 aromatic heterocycles. The summed E-state index contributed by atoms with van der Waals surface area (Å²) in [7, 11) is 0. The molecule has 1 N–H and O–H groups in total. The summed E-state index contributed by atoms with van der Waals surface area (Å²) in [6.45, 7) is 6.46. The Hall–Kier alpha value is -2.50. The van der Waals surface area contributed by atoms with Gasteiger partial charge in [-0.1, -0.05) is 20.3 Å². The third-order valence-electron chi connectivity index (χ3n) is 5.15. The molecule has 0 unspecified atom stereocenters. The molecular weight excluding hydrogens is 317 g/mol. The average Bonchev–Trinajstić information content (AvgIpc) is 3.20. The van der Waals surface area contributed by atoms with Crippen molar-refractivity contribution < 1.29 is 11.5 Å². The average molecular weight is 349 g/mol. The molecule has 0 aliphatic carbocycles. The van der Waals surface area contributed by atoms with Gasteiger partial charge in [0.2, 0.25) is 0 Å². The Morgan fingerprint density at radius 1 is 1.32 bits per heavy atom. The molecule has 0 spiro atoms. The second kappa shape index (κ2) is 6.43. The number of nitrogens with one attached hydrogen (secondary N) is 1. The molecule has 3 aromatic rings. The normalized spacial score (nSPS) is 20.5. The van der Waals surface area contributed by atoms with Crippen molar-refractivity contribution in [3.05, 3.63) is 36.3 Å². The van der Waals surface area contributed by atoms with Crippen molar-refractivity contribution in [3.8, 4) is 11.4 Å². The number of rotatable bonds is 4. The zero-order valence-electron chi connectivity index (χ0n) is 14.5. The quantitative estimate of drug-likeness (QED) is 0.698. The molecule has 1 aliphatic rings. The van der Waals surface area contributed by atoms with Gasteiger partial charge in [-0.15, -0.1) is 0 Å². The van der Waals surface area contributed by atoms with Gasteiger partial charge in [-0.25, -0.2) is 14.4 Å². The van der Waals surface area contributed by atoms with Crippen LogP contribution in [0.15, 0.2) is 30.5 Å². The molecule has 0 saturated carbocycles. The predicted molar refractivity (Wildman–Crippen MR) is 107 cm³/mol. The van der Waals surface area contributed by atoms with Crippen molar-refractivity contribution in [2.45, 2.75) is 26.7 Å². The number of hydrogen-bond donors (Lipinski definition) is 1. The highest BCUT2D eigenvalue weighted by atomic mass is 19.1. The molecule has 140 valence electrons. The monoisotopic (exact) mass is 349 g/mol. The maximum Gasteiger partial charge on any atom is 0.181 e. The Morgan fingerprint density at radius 3 is 3.04 bits per heavy atom. The number of pyridine rings is 2. The van der Waals surface area contributed by atoms with Gasteiger partial charge in [0.25, 0.3) is 0 Å². The fraction of sp³-hybridized carbons (Fsp3) is 0.421.